The third kappa shape index (κ3) is 3.15. The van der Waals surface area contributed by atoms with E-state index in [1.807, 2.05) is 43.1 Å². The number of nitrogens with zero attached hydrogens (tertiary/aromatic N) is 1. The summed E-state index contributed by atoms with van der Waals surface area (Å²) in [5.74, 6) is -1.96. The van der Waals surface area contributed by atoms with Crippen LogP contribution in [0.1, 0.15) is 21.5 Å². The Morgan fingerprint density at radius 2 is 1.85 bits per heavy atom. The SMILES string of the molecule is Cc1ccc(N(C)Cc2ccc(F)c(C(=O)O)c2)cc1. The first-order valence-electron chi connectivity index (χ1n) is 6.27. The zero-order valence-corrected chi connectivity index (χ0v) is 11.4. The number of aromatic carboxylic acids is 1. The van der Waals surface area contributed by atoms with E-state index in [9.17, 15) is 9.18 Å². The van der Waals surface area contributed by atoms with Gasteiger partial charge in [0.1, 0.15) is 5.82 Å². The van der Waals surface area contributed by atoms with E-state index < -0.39 is 11.8 Å². The third-order valence-corrected chi connectivity index (χ3v) is 3.16. The second-order valence-electron chi connectivity index (χ2n) is 4.81. The van der Waals surface area contributed by atoms with E-state index in [4.69, 9.17) is 5.11 Å². The van der Waals surface area contributed by atoms with E-state index in [0.717, 1.165) is 11.3 Å². The van der Waals surface area contributed by atoms with Gasteiger partial charge < -0.3 is 10.0 Å². The van der Waals surface area contributed by atoms with Crippen LogP contribution in [0.5, 0.6) is 0 Å². The van der Waals surface area contributed by atoms with Gasteiger partial charge in [-0.15, -0.1) is 0 Å². The maximum Gasteiger partial charge on any atom is 0.338 e. The summed E-state index contributed by atoms with van der Waals surface area (Å²) in [6.45, 7) is 2.53. The lowest BCUT2D eigenvalue weighted by Gasteiger charge is -2.20. The molecule has 0 aliphatic carbocycles. The van der Waals surface area contributed by atoms with Gasteiger partial charge in [0.05, 0.1) is 5.56 Å². The fraction of sp³-hybridized carbons (Fsp3) is 0.188. The van der Waals surface area contributed by atoms with Crippen molar-refractivity contribution in [3.05, 3.63) is 65.0 Å². The fourth-order valence-electron chi connectivity index (χ4n) is 2.00. The molecule has 0 saturated heterocycles. The zero-order valence-electron chi connectivity index (χ0n) is 11.4. The molecule has 0 radical (unpaired) electrons. The van der Waals surface area contributed by atoms with Gasteiger partial charge in [-0.3, -0.25) is 0 Å². The monoisotopic (exact) mass is 273 g/mol. The molecule has 0 fully saturated rings. The lowest BCUT2D eigenvalue weighted by atomic mass is 10.1. The second kappa shape index (κ2) is 5.74. The maximum atomic E-state index is 13.3. The summed E-state index contributed by atoms with van der Waals surface area (Å²) in [6.07, 6.45) is 0. The van der Waals surface area contributed by atoms with Crippen LogP contribution in [0.2, 0.25) is 0 Å². The number of hydrogen-bond donors (Lipinski definition) is 1. The second-order valence-corrected chi connectivity index (χ2v) is 4.81. The Morgan fingerprint density at radius 1 is 1.20 bits per heavy atom. The molecule has 0 unspecified atom stereocenters. The van der Waals surface area contributed by atoms with Crippen molar-refractivity contribution in [3.63, 3.8) is 0 Å². The molecule has 0 saturated carbocycles. The summed E-state index contributed by atoms with van der Waals surface area (Å²) in [5, 5.41) is 8.92. The quantitative estimate of drug-likeness (QED) is 0.927. The number of halogens is 1. The van der Waals surface area contributed by atoms with Gasteiger partial charge in [0, 0.05) is 19.3 Å². The third-order valence-electron chi connectivity index (χ3n) is 3.16. The molecular weight excluding hydrogens is 257 g/mol. The first kappa shape index (κ1) is 14.1. The molecule has 2 aromatic rings. The van der Waals surface area contributed by atoms with Crippen molar-refractivity contribution in [2.24, 2.45) is 0 Å². The van der Waals surface area contributed by atoms with Crippen LogP contribution < -0.4 is 4.90 Å². The van der Waals surface area contributed by atoms with Crippen molar-refractivity contribution < 1.29 is 14.3 Å². The van der Waals surface area contributed by atoms with Crippen LogP contribution in [-0.4, -0.2) is 18.1 Å². The minimum atomic E-state index is -1.25. The molecule has 2 aromatic carbocycles. The van der Waals surface area contributed by atoms with Crippen molar-refractivity contribution in [1.82, 2.24) is 0 Å². The number of anilines is 1. The molecule has 1 N–H and O–H groups in total. The molecule has 0 aliphatic heterocycles. The van der Waals surface area contributed by atoms with Gasteiger partial charge in [-0.25, -0.2) is 9.18 Å². The minimum absolute atomic E-state index is 0.292. The highest BCUT2D eigenvalue weighted by Crippen LogP contribution is 2.18. The number of benzene rings is 2. The summed E-state index contributed by atoms with van der Waals surface area (Å²) < 4.78 is 13.3. The van der Waals surface area contributed by atoms with Gasteiger partial charge in [0.25, 0.3) is 0 Å². The van der Waals surface area contributed by atoms with Crippen LogP contribution in [0.25, 0.3) is 0 Å². The topological polar surface area (TPSA) is 40.5 Å². The van der Waals surface area contributed by atoms with Crippen molar-refractivity contribution in [1.29, 1.82) is 0 Å². The highest BCUT2D eigenvalue weighted by molar-refractivity contribution is 5.88. The van der Waals surface area contributed by atoms with Gasteiger partial charge in [-0.1, -0.05) is 23.8 Å². The predicted octanol–water partition coefficient (Wildman–Crippen LogP) is 3.47. The molecule has 2 rings (SSSR count). The summed E-state index contributed by atoms with van der Waals surface area (Å²) >= 11 is 0. The summed E-state index contributed by atoms with van der Waals surface area (Å²) in [5.41, 5.74) is 2.67. The van der Waals surface area contributed by atoms with Crippen molar-refractivity contribution in [2.75, 3.05) is 11.9 Å². The Hall–Kier alpha value is -2.36. The molecule has 0 amide bonds. The molecule has 0 spiro atoms. The number of carboxylic acids is 1. The molecule has 0 heterocycles. The number of carbonyl (C=O) groups is 1. The largest absolute Gasteiger partial charge is 0.478 e. The number of carboxylic acid groups (broad SMARTS) is 1. The van der Waals surface area contributed by atoms with Crippen LogP contribution in [0.3, 0.4) is 0 Å². The van der Waals surface area contributed by atoms with Crippen molar-refractivity contribution >= 4 is 11.7 Å². The molecule has 3 nitrogen and oxygen atoms in total. The normalized spacial score (nSPS) is 10.3. The van der Waals surface area contributed by atoms with Gasteiger partial charge in [-0.05, 0) is 36.8 Å². The summed E-state index contributed by atoms with van der Waals surface area (Å²) in [4.78, 5) is 12.9. The van der Waals surface area contributed by atoms with E-state index in [-0.39, 0.29) is 5.56 Å². The predicted molar refractivity (Wildman–Crippen MR) is 76.6 cm³/mol. The first-order chi connectivity index (χ1) is 9.47. The van der Waals surface area contributed by atoms with E-state index in [2.05, 4.69) is 0 Å². The molecule has 4 heteroatoms. The highest BCUT2D eigenvalue weighted by atomic mass is 19.1. The number of hydrogen-bond acceptors (Lipinski definition) is 2. The zero-order chi connectivity index (χ0) is 14.7. The Bertz CT molecular complexity index is 623. The van der Waals surface area contributed by atoms with E-state index >= 15 is 0 Å². The van der Waals surface area contributed by atoms with Crippen LogP contribution in [-0.2, 0) is 6.54 Å². The Morgan fingerprint density at radius 3 is 2.45 bits per heavy atom. The van der Waals surface area contributed by atoms with Crippen LogP contribution in [0, 0.1) is 12.7 Å². The Kier molecular flexibility index (Phi) is 4.03. The fourth-order valence-corrected chi connectivity index (χ4v) is 2.00. The van der Waals surface area contributed by atoms with E-state index in [1.165, 1.54) is 17.7 Å². The summed E-state index contributed by atoms with van der Waals surface area (Å²) in [7, 11) is 1.91. The van der Waals surface area contributed by atoms with Gasteiger partial charge in [0.15, 0.2) is 0 Å². The maximum absolute atomic E-state index is 13.3. The van der Waals surface area contributed by atoms with Gasteiger partial charge >= 0.3 is 5.97 Å². The first-order valence-corrected chi connectivity index (χ1v) is 6.27. The van der Waals surface area contributed by atoms with Crippen LogP contribution in [0.15, 0.2) is 42.5 Å². The smallest absolute Gasteiger partial charge is 0.338 e. The molecule has 20 heavy (non-hydrogen) atoms. The van der Waals surface area contributed by atoms with Gasteiger partial charge in [-0.2, -0.15) is 0 Å². The van der Waals surface area contributed by atoms with E-state index in [0.29, 0.717) is 6.54 Å². The number of aryl methyl sites for hydroxylation is 1. The average molecular weight is 273 g/mol. The Balaban J connectivity index is 2.19. The highest BCUT2D eigenvalue weighted by Gasteiger charge is 2.11. The van der Waals surface area contributed by atoms with Gasteiger partial charge in [0.2, 0.25) is 0 Å². The molecule has 0 atom stereocenters. The van der Waals surface area contributed by atoms with E-state index in [1.54, 1.807) is 6.07 Å². The molecule has 0 aliphatic rings. The van der Waals surface area contributed by atoms with Crippen LogP contribution >= 0.6 is 0 Å². The molecule has 0 bridgehead atoms. The number of rotatable bonds is 4. The van der Waals surface area contributed by atoms with Crippen molar-refractivity contribution in [2.45, 2.75) is 13.5 Å². The van der Waals surface area contributed by atoms with Crippen LogP contribution in [0.4, 0.5) is 10.1 Å². The standard InChI is InChI=1S/C16H16FNO2/c1-11-3-6-13(7-4-11)18(2)10-12-5-8-15(17)14(9-12)16(19)20/h3-9H,10H2,1-2H3,(H,19,20). The summed E-state index contributed by atoms with van der Waals surface area (Å²) in [6, 6.07) is 12.2. The lowest BCUT2D eigenvalue weighted by Crippen LogP contribution is -2.16. The van der Waals surface area contributed by atoms with Crippen molar-refractivity contribution in [3.8, 4) is 0 Å². The molecule has 104 valence electrons. The minimum Gasteiger partial charge on any atom is -0.478 e. The average Bonchev–Trinajstić information content (AvgIpc) is 2.41. The Labute approximate surface area is 117 Å². The lowest BCUT2D eigenvalue weighted by molar-refractivity contribution is 0.0691. The molecule has 0 aromatic heterocycles. The molecular formula is C16H16FNO2.